The van der Waals surface area contributed by atoms with Crippen molar-refractivity contribution in [1.29, 1.82) is 0 Å². The smallest absolute Gasteiger partial charge is 0.00226 e. The minimum Gasteiger partial charge on any atom is -0.314 e. The lowest BCUT2D eigenvalue weighted by atomic mass is 9.87. The van der Waals surface area contributed by atoms with Crippen molar-refractivity contribution in [1.82, 2.24) is 5.32 Å². The predicted molar refractivity (Wildman–Crippen MR) is 81.0 cm³/mol. The van der Waals surface area contributed by atoms with Crippen LogP contribution in [-0.4, -0.2) is 12.6 Å². The molecule has 1 N–H and O–H groups in total. The Balaban J connectivity index is 2.63. The third-order valence-electron chi connectivity index (χ3n) is 3.51. The fourth-order valence-corrected chi connectivity index (χ4v) is 2.54. The van der Waals surface area contributed by atoms with Crippen LogP contribution in [0.2, 0.25) is 0 Å². The van der Waals surface area contributed by atoms with Crippen LogP contribution in [0.25, 0.3) is 0 Å². The number of benzene rings is 1. The van der Waals surface area contributed by atoms with Crippen molar-refractivity contribution < 1.29 is 0 Å². The van der Waals surface area contributed by atoms with Crippen molar-refractivity contribution in [2.45, 2.75) is 58.9 Å². The molecule has 0 saturated heterocycles. The van der Waals surface area contributed by atoms with Crippen molar-refractivity contribution in [3.8, 4) is 0 Å². The van der Waals surface area contributed by atoms with E-state index in [1.807, 2.05) is 0 Å². The third-order valence-corrected chi connectivity index (χ3v) is 3.51. The fraction of sp³-hybridized carbons (Fsp3) is 0.647. The highest BCUT2D eigenvalue weighted by atomic mass is 14.9. The highest BCUT2D eigenvalue weighted by molar-refractivity contribution is 5.20. The largest absolute Gasteiger partial charge is 0.314 e. The van der Waals surface area contributed by atoms with Gasteiger partial charge in [-0.05, 0) is 23.8 Å². The van der Waals surface area contributed by atoms with E-state index in [0.717, 1.165) is 12.5 Å². The predicted octanol–water partition coefficient (Wildman–Crippen LogP) is 4.59. The molecule has 1 aromatic carbocycles. The quantitative estimate of drug-likeness (QED) is 0.708. The van der Waals surface area contributed by atoms with Gasteiger partial charge in [0, 0.05) is 12.6 Å². The van der Waals surface area contributed by atoms with Gasteiger partial charge in [-0.3, -0.25) is 0 Å². The monoisotopic (exact) mass is 247 g/mol. The van der Waals surface area contributed by atoms with E-state index in [9.17, 15) is 0 Å². The number of rotatable bonds is 8. The molecular formula is C17H29N. The Bertz CT molecular complexity index is 305. The van der Waals surface area contributed by atoms with Crippen molar-refractivity contribution in [2.75, 3.05) is 6.54 Å². The molecule has 0 aromatic heterocycles. The Labute approximate surface area is 113 Å². The summed E-state index contributed by atoms with van der Waals surface area (Å²) in [7, 11) is 0. The molecule has 0 radical (unpaired) electrons. The number of nitrogens with one attached hydrogen (secondary N) is 1. The molecule has 0 aliphatic carbocycles. The van der Waals surface area contributed by atoms with Crippen LogP contribution in [-0.2, 0) is 0 Å². The number of hydrogen-bond acceptors (Lipinski definition) is 1. The average molecular weight is 247 g/mol. The maximum absolute atomic E-state index is 3.59. The molecule has 102 valence electrons. The van der Waals surface area contributed by atoms with E-state index in [0.29, 0.717) is 12.0 Å². The highest BCUT2D eigenvalue weighted by Crippen LogP contribution is 2.25. The first-order valence-electron chi connectivity index (χ1n) is 7.41. The summed E-state index contributed by atoms with van der Waals surface area (Å²) < 4.78 is 0. The van der Waals surface area contributed by atoms with Crippen LogP contribution in [0.1, 0.15) is 58.4 Å². The zero-order valence-corrected chi connectivity index (χ0v) is 12.4. The lowest BCUT2D eigenvalue weighted by Crippen LogP contribution is -2.28. The molecule has 0 amide bonds. The highest BCUT2D eigenvalue weighted by Gasteiger charge is 2.15. The number of hydrogen-bond donors (Lipinski definition) is 1. The molecule has 2 unspecified atom stereocenters. The summed E-state index contributed by atoms with van der Waals surface area (Å²) in [4.78, 5) is 0. The second-order valence-electron chi connectivity index (χ2n) is 5.80. The topological polar surface area (TPSA) is 12.0 Å². The maximum Gasteiger partial charge on any atom is 0.00226 e. The summed E-state index contributed by atoms with van der Waals surface area (Å²) in [6.45, 7) is 10.2. The van der Waals surface area contributed by atoms with Gasteiger partial charge in [0.15, 0.2) is 0 Å². The van der Waals surface area contributed by atoms with Gasteiger partial charge in [0.2, 0.25) is 0 Å². The molecule has 1 nitrogen and oxygen atoms in total. The molecule has 1 aromatic rings. The van der Waals surface area contributed by atoms with E-state index in [1.165, 1.54) is 24.8 Å². The van der Waals surface area contributed by atoms with E-state index in [-0.39, 0.29) is 0 Å². The van der Waals surface area contributed by atoms with Crippen LogP contribution in [0, 0.1) is 5.92 Å². The van der Waals surface area contributed by atoms with Crippen molar-refractivity contribution >= 4 is 0 Å². The van der Waals surface area contributed by atoms with Crippen molar-refractivity contribution in [3.05, 3.63) is 35.9 Å². The SMILES string of the molecule is CCCC(C)CC(CNC(C)C)c1ccccc1. The van der Waals surface area contributed by atoms with Crippen LogP contribution in [0.15, 0.2) is 30.3 Å². The Morgan fingerprint density at radius 2 is 1.72 bits per heavy atom. The molecule has 0 spiro atoms. The molecule has 0 aliphatic rings. The van der Waals surface area contributed by atoms with Crippen LogP contribution in [0.4, 0.5) is 0 Å². The molecule has 18 heavy (non-hydrogen) atoms. The zero-order chi connectivity index (χ0) is 13.4. The van der Waals surface area contributed by atoms with Crippen LogP contribution < -0.4 is 5.32 Å². The van der Waals surface area contributed by atoms with E-state index >= 15 is 0 Å². The lowest BCUT2D eigenvalue weighted by Gasteiger charge is -2.23. The van der Waals surface area contributed by atoms with Gasteiger partial charge >= 0.3 is 0 Å². The van der Waals surface area contributed by atoms with Gasteiger partial charge in [-0.25, -0.2) is 0 Å². The zero-order valence-electron chi connectivity index (χ0n) is 12.4. The summed E-state index contributed by atoms with van der Waals surface area (Å²) in [6.07, 6.45) is 3.92. The van der Waals surface area contributed by atoms with Gasteiger partial charge in [0.05, 0.1) is 0 Å². The summed E-state index contributed by atoms with van der Waals surface area (Å²) in [6, 6.07) is 11.5. The summed E-state index contributed by atoms with van der Waals surface area (Å²) in [5.74, 6) is 1.46. The molecule has 2 atom stereocenters. The average Bonchev–Trinajstić information content (AvgIpc) is 2.35. The lowest BCUT2D eigenvalue weighted by molar-refractivity contribution is 0.410. The Morgan fingerprint density at radius 1 is 1.06 bits per heavy atom. The Morgan fingerprint density at radius 3 is 2.28 bits per heavy atom. The molecule has 0 saturated carbocycles. The van der Waals surface area contributed by atoms with E-state index < -0.39 is 0 Å². The van der Waals surface area contributed by atoms with Gasteiger partial charge in [-0.2, -0.15) is 0 Å². The van der Waals surface area contributed by atoms with Gasteiger partial charge in [0.25, 0.3) is 0 Å². The second kappa shape index (κ2) is 8.31. The minimum atomic E-state index is 0.567. The van der Waals surface area contributed by atoms with Crippen LogP contribution in [0.5, 0.6) is 0 Å². The third kappa shape index (κ3) is 5.68. The molecule has 1 heteroatoms. The Hall–Kier alpha value is -0.820. The van der Waals surface area contributed by atoms with Gasteiger partial charge < -0.3 is 5.32 Å². The molecular weight excluding hydrogens is 218 g/mol. The van der Waals surface area contributed by atoms with Crippen LogP contribution in [0.3, 0.4) is 0 Å². The van der Waals surface area contributed by atoms with Crippen molar-refractivity contribution in [3.63, 3.8) is 0 Å². The molecule has 0 fully saturated rings. The van der Waals surface area contributed by atoms with E-state index in [2.05, 4.69) is 63.3 Å². The Kier molecular flexibility index (Phi) is 7.04. The normalized spacial score (nSPS) is 14.7. The summed E-state index contributed by atoms with van der Waals surface area (Å²) in [5.41, 5.74) is 1.48. The second-order valence-corrected chi connectivity index (χ2v) is 5.80. The minimum absolute atomic E-state index is 0.567. The fourth-order valence-electron chi connectivity index (χ4n) is 2.54. The molecule has 0 heterocycles. The first-order valence-corrected chi connectivity index (χ1v) is 7.41. The van der Waals surface area contributed by atoms with E-state index in [4.69, 9.17) is 0 Å². The van der Waals surface area contributed by atoms with E-state index in [1.54, 1.807) is 0 Å². The molecule has 1 rings (SSSR count). The van der Waals surface area contributed by atoms with Crippen molar-refractivity contribution in [2.24, 2.45) is 5.92 Å². The maximum atomic E-state index is 3.59. The van der Waals surface area contributed by atoms with Gasteiger partial charge in [-0.1, -0.05) is 70.9 Å². The first-order chi connectivity index (χ1) is 8.63. The standard InChI is InChI=1S/C17H29N/c1-5-9-15(4)12-17(13-18-14(2)3)16-10-7-6-8-11-16/h6-8,10-11,14-15,17-18H,5,9,12-13H2,1-4H3. The van der Waals surface area contributed by atoms with Gasteiger partial charge in [0.1, 0.15) is 0 Å². The summed E-state index contributed by atoms with van der Waals surface area (Å²) in [5, 5.41) is 3.59. The van der Waals surface area contributed by atoms with Crippen LogP contribution >= 0.6 is 0 Å². The van der Waals surface area contributed by atoms with Gasteiger partial charge in [-0.15, -0.1) is 0 Å². The summed E-state index contributed by atoms with van der Waals surface area (Å²) >= 11 is 0. The molecule has 0 bridgehead atoms. The first kappa shape index (κ1) is 15.2. The molecule has 0 aliphatic heterocycles.